The summed E-state index contributed by atoms with van der Waals surface area (Å²) in [6.45, 7) is 8.54. The predicted molar refractivity (Wildman–Crippen MR) is 47.8 cm³/mol. The highest BCUT2D eigenvalue weighted by atomic mass is 14.7. The zero-order valence-corrected chi connectivity index (χ0v) is 7.68. The summed E-state index contributed by atoms with van der Waals surface area (Å²) in [6.07, 6.45) is 1.92. The van der Waals surface area contributed by atoms with E-state index >= 15 is 0 Å². The SMILES string of the molecule is Cc1cnc(C)c(C(C)C)c1. The van der Waals surface area contributed by atoms with Gasteiger partial charge in [0, 0.05) is 11.9 Å². The molecular formula is C10H15N. The van der Waals surface area contributed by atoms with Gasteiger partial charge >= 0.3 is 0 Å². The molecule has 0 atom stereocenters. The van der Waals surface area contributed by atoms with E-state index in [1.165, 1.54) is 11.1 Å². The van der Waals surface area contributed by atoms with E-state index in [1.54, 1.807) is 0 Å². The molecule has 11 heavy (non-hydrogen) atoms. The molecule has 0 N–H and O–H groups in total. The molecule has 0 spiro atoms. The minimum atomic E-state index is 0.586. The van der Waals surface area contributed by atoms with Gasteiger partial charge in [-0.2, -0.15) is 0 Å². The molecule has 0 saturated carbocycles. The van der Waals surface area contributed by atoms with Crippen LogP contribution >= 0.6 is 0 Å². The first-order valence-electron chi connectivity index (χ1n) is 4.04. The maximum atomic E-state index is 4.30. The Hall–Kier alpha value is -0.850. The van der Waals surface area contributed by atoms with E-state index in [1.807, 2.05) is 6.20 Å². The number of nitrogens with zero attached hydrogens (tertiary/aromatic N) is 1. The molecule has 0 saturated heterocycles. The highest BCUT2D eigenvalue weighted by Gasteiger charge is 2.03. The van der Waals surface area contributed by atoms with Crippen LogP contribution in [0.3, 0.4) is 0 Å². The lowest BCUT2D eigenvalue weighted by molar-refractivity contribution is 0.840. The van der Waals surface area contributed by atoms with Gasteiger partial charge in [0.2, 0.25) is 0 Å². The number of hydrogen-bond donors (Lipinski definition) is 0. The molecule has 0 aliphatic heterocycles. The van der Waals surface area contributed by atoms with Crippen molar-refractivity contribution in [2.45, 2.75) is 33.6 Å². The van der Waals surface area contributed by atoms with Crippen LogP contribution in [0.15, 0.2) is 12.3 Å². The smallest absolute Gasteiger partial charge is 0.0407 e. The maximum Gasteiger partial charge on any atom is 0.0407 e. The fourth-order valence-corrected chi connectivity index (χ4v) is 1.24. The quantitative estimate of drug-likeness (QED) is 0.598. The van der Waals surface area contributed by atoms with Gasteiger partial charge in [0.05, 0.1) is 0 Å². The summed E-state index contributed by atoms with van der Waals surface area (Å²) in [5.74, 6) is 0.586. The molecule has 0 aliphatic rings. The van der Waals surface area contributed by atoms with Gasteiger partial charge in [-0.1, -0.05) is 19.9 Å². The summed E-state index contributed by atoms with van der Waals surface area (Å²) in [7, 11) is 0. The number of hydrogen-bond acceptors (Lipinski definition) is 1. The van der Waals surface area contributed by atoms with Crippen LogP contribution in [-0.2, 0) is 0 Å². The van der Waals surface area contributed by atoms with Gasteiger partial charge in [-0.25, -0.2) is 0 Å². The minimum Gasteiger partial charge on any atom is -0.261 e. The lowest BCUT2D eigenvalue weighted by Crippen LogP contribution is -1.95. The number of pyridine rings is 1. The summed E-state index contributed by atoms with van der Waals surface area (Å²) in [5.41, 5.74) is 3.77. The Kier molecular flexibility index (Phi) is 2.28. The van der Waals surface area contributed by atoms with Crippen LogP contribution in [0.1, 0.15) is 36.6 Å². The second-order valence-electron chi connectivity index (χ2n) is 3.34. The minimum absolute atomic E-state index is 0.586. The second-order valence-corrected chi connectivity index (χ2v) is 3.34. The maximum absolute atomic E-state index is 4.30. The van der Waals surface area contributed by atoms with Crippen molar-refractivity contribution < 1.29 is 0 Å². The first-order chi connectivity index (χ1) is 5.11. The molecule has 0 amide bonds. The third-order valence-corrected chi connectivity index (χ3v) is 1.88. The number of aromatic nitrogens is 1. The van der Waals surface area contributed by atoms with Crippen molar-refractivity contribution in [3.63, 3.8) is 0 Å². The van der Waals surface area contributed by atoms with Crippen LogP contribution in [0, 0.1) is 13.8 Å². The van der Waals surface area contributed by atoms with Crippen molar-refractivity contribution in [1.29, 1.82) is 0 Å². The largest absolute Gasteiger partial charge is 0.261 e. The summed E-state index contributed by atoms with van der Waals surface area (Å²) in [4.78, 5) is 4.30. The molecule has 1 heteroatoms. The lowest BCUT2D eigenvalue weighted by atomic mass is 10.0. The Balaban J connectivity index is 3.13. The molecular weight excluding hydrogens is 134 g/mol. The summed E-state index contributed by atoms with van der Waals surface area (Å²) in [6, 6.07) is 2.22. The molecule has 1 rings (SSSR count). The molecule has 0 aliphatic carbocycles. The van der Waals surface area contributed by atoms with E-state index in [9.17, 15) is 0 Å². The standard InChI is InChI=1S/C10H15N/c1-7(2)10-5-8(3)6-11-9(10)4/h5-7H,1-4H3. The van der Waals surface area contributed by atoms with E-state index in [4.69, 9.17) is 0 Å². The van der Waals surface area contributed by atoms with Crippen molar-refractivity contribution >= 4 is 0 Å². The van der Waals surface area contributed by atoms with Crippen LogP contribution in [0.4, 0.5) is 0 Å². The Morgan fingerprint density at radius 3 is 2.36 bits per heavy atom. The Bertz CT molecular complexity index is 251. The zero-order chi connectivity index (χ0) is 8.43. The van der Waals surface area contributed by atoms with Gasteiger partial charge < -0.3 is 0 Å². The summed E-state index contributed by atoms with van der Waals surface area (Å²) >= 11 is 0. The van der Waals surface area contributed by atoms with E-state index < -0.39 is 0 Å². The molecule has 0 bridgehead atoms. The van der Waals surface area contributed by atoms with E-state index in [2.05, 4.69) is 38.7 Å². The summed E-state index contributed by atoms with van der Waals surface area (Å²) in [5, 5.41) is 0. The van der Waals surface area contributed by atoms with Gasteiger partial charge in [-0.15, -0.1) is 0 Å². The molecule has 1 aromatic heterocycles. The molecule has 0 fully saturated rings. The average molecular weight is 149 g/mol. The predicted octanol–water partition coefficient (Wildman–Crippen LogP) is 2.82. The van der Waals surface area contributed by atoms with Crippen LogP contribution in [0.2, 0.25) is 0 Å². The topological polar surface area (TPSA) is 12.9 Å². The highest BCUT2D eigenvalue weighted by Crippen LogP contribution is 2.17. The van der Waals surface area contributed by atoms with Crippen molar-refractivity contribution in [3.8, 4) is 0 Å². The van der Waals surface area contributed by atoms with Crippen LogP contribution in [0.5, 0.6) is 0 Å². The van der Waals surface area contributed by atoms with Crippen molar-refractivity contribution in [3.05, 3.63) is 29.1 Å². The molecule has 0 radical (unpaired) electrons. The Morgan fingerprint density at radius 1 is 1.27 bits per heavy atom. The molecule has 1 aromatic rings. The van der Waals surface area contributed by atoms with Crippen molar-refractivity contribution in [1.82, 2.24) is 4.98 Å². The summed E-state index contributed by atoms with van der Waals surface area (Å²) < 4.78 is 0. The monoisotopic (exact) mass is 149 g/mol. The van der Waals surface area contributed by atoms with E-state index in [0.29, 0.717) is 5.92 Å². The normalized spacial score (nSPS) is 10.6. The first-order valence-corrected chi connectivity index (χ1v) is 4.04. The van der Waals surface area contributed by atoms with E-state index in [-0.39, 0.29) is 0 Å². The molecule has 0 unspecified atom stereocenters. The van der Waals surface area contributed by atoms with Gasteiger partial charge in [-0.3, -0.25) is 4.98 Å². The number of rotatable bonds is 1. The van der Waals surface area contributed by atoms with Gasteiger partial charge in [0.1, 0.15) is 0 Å². The zero-order valence-electron chi connectivity index (χ0n) is 7.68. The molecule has 1 nitrogen and oxygen atoms in total. The van der Waals surface area contributed by atoms with Crippen molar-refractivity contribution in [2.24, 2.45) is 0 Å². The Morgan fingerprint density at radius 2 is 1.91 bits per heavy atom. The molecule has 60 valence electrons. The lowest BCUT2D eigenvalue weighted by Gasteiger charge is -2.08. The Labute approximate surface area is 68.5 Å². The number of aryl methyl sites for hydroxylation is 2. The van der Waals surface area contributed by atoms with Crippen LogP contribution < -0.4 is 0 Å². The fraction of sp³-hybridized carbons (Fsp3) is 0.500. The van der Waals surface area contributed by atoms with Gasteiger partial charge in [0.15, 0.2) is 0 Å². The van der Waals surface area contributed by atoms with Gasteiger partial charge in [0.25, 0.3) is 0 Å². The van der Waals surface area contributed by atoms with Crippen LogP contribution in [0.25, 0.3) is 0 Å². The van der Waals surface area contributed by atoms with Crippen LogP contribution in [-0.4, -0.2) is 4.98 Å². The fourth-order valence-electron chi connectivity index (χ4n) is 1.24. The van der Waals surface area contributed by atoms with E-state index in [0.717, 1.165) is 5.69 Å². The molecule has 0 aromatic carbocycles. The highest BCUT2D eigenvalue weighted by molar-refractivity contribution is 5.26. The second kappa shape index (κ2) is 3.04. The third kappa shape index (κ3) is 1.79. The third-order valence-electron chi connectivity index (χ3n) is 1.88. The van der Waals surface area contributed by atoms with Gasteiger partial charge in [-0.05, 0) is 30.9 Å². The average Bonchev–Trinajstić information content (AvgIpc) is 1.94. The van der Waals surface area contributed by atoms with Crippen molar-refractivity contribution in [2.75, 3.05) is 0 Å². The first kappa shape index (κ1) is 8.25. The molecule has 1 heterocycles.